The molecule has 0 unspecified atom stereocenters. The molecule has 1 aliphatic rings. The molecule has 0 atom stereocenters. The van der Waals surface area contributed by atoms with Gasteiger partial charge in [0.1, 0.15) is 0 Å². The van der Waals surface area contributed by atoms with Crippen molar-refractivity contribution < 1.29 is 0 Å². The van der Waals surface area contributed by atoms with Gasteiger partial charge in [0.05, 0.1) is 0 Å². The van der Waals surface area contributed by atoms with Crippen LogP contribution in [0.25, 0.3) is 5.70 Å². The van der Waals surface area contributed by atoms with Crippen molar-refractivity contribution in [3.8, 4) is 0 Å². The molecule has 0 fully saturated rings. The minimum Gasteiger partial charge on any atom is -0.398 e. The summed E-state index contributed by atoms with van der Waals surface area (Å²) in [5.41, 5.74) is 11.6. The zero-order valence-electron chi connectivity index (χ0n) is 13.8. The van der Waals surface area contributed by atoms with Crippen molar-refractivity contribution in [1.82, 2.24) is 0 Å². The summed E-state index contributed by atoms with van der Waals surface area (Å²) in [6.45, 7) is 11.4. The molecule has 0 aliphatic heterocycles. The normalized spacial score (nSPS) is 21.0. The summed E-state index contributed by atoms with van der Waals surface area (Å²) in [6.07, 6.45) is 6.31. The van der Waals surface area contributed by atoms with E-state index in [9.17, 15) is 0 Å². The van der Waals surface area contributed by atoms with E-state index in [1.165, 1.54) is 17.5 Å². The van der Waals surface area contributed by atoms with Gasteiger partial charge in [0, 0.05) is 5.70 Å². The fraction of sp³-hybridized carbons (Fsp3) is 0.474. The number of nitrogens with two attached hydrogens (primary N) is 1. The monoisotopic (exact) mass is 347 g/mol. The van der Waals surface area contributed by atoms with E-state index >= 15 is 0 Å². The molecular weight excluding hydrogens is 322 g/mol. The molecule has 0 saturated heterocycles. The zero-order valence-corrected chi connectivity index (χ0v) is 15.3. The molecule has 1 nitrogen and oxygen atoms in total. The Morgan fingerprint density at radius 3 is 2.48 bits per heavy atom. The van der Waals surface area contributed by atoms with E-state index in [2.05, 4.69) is 61.8 Å². The van der Waals surface area contributed by atoms with Crippen LogP contribution in [0.5, 0.6) is 0 Å². The number of rotatable bonds is 2. The van der Waals surface area contributed by atoms with E-state index < -0.39 is 0 Å². The minimum atomic E-state index is 0.203. The fourth-order valence-corrected chi connectivity index (χ4v) is 3.84. The minimum absolute atomic E-state index is 0.203. The summed E-state index contributed by atoms with van der Waals surface area (Å²) in [5, 5.41) is 0. The number of halogens is 1. The summed E-state index contributed by atoms with van der Waals surface area (Å²) < 4.78 is 1.07. The van der Waals surface area contributed by atoms with Gasteiger partial charge in [0.25, 0.3) is 0 Å². The van der Waals surface area contributed by atoms with Crippen molar-refractivity contribution in [1.29, 1.82) is 0 Å². The first kappa shape index (κ1) is 16.4. The second-order valence-electron chi connectivity index (χ2n) is 7.65. The SMILES string of the molecule is C/C(Br)=C\C=C(/N)c1ccc2c(c1)C(C)(C)CC(C)(C)C2. The molecule has 0 heterocycles. The fourth-order valence-electron chi connectivity index (χ4n) is 3.71. The number of fused-ring (bicyclic) bond motifs is 1. The Bertz CT molecular complexity index is 602. The molecule has 2 N–H and O–H groups in total. The van der Waals surface area contributed by atoms with E-state index in [0.717, 1.165) is 22.2 Å². The second kappa shape index (κ2) is 5.64. The predicted octanol–water partition coefficient (Wildman–Crippen LogP) is 5.53. The Kier molecular flexibility index (Phi) is 4.39. The number of hydrogen-bond acceptors (Lipinski definition) is 1. The lowest BCUT2D eigenvalue weighted by atomic mass is 9.62. The molecule has 114 valence electrons. The van der Waals surface area contributed by atoms with Crippen LogP contribution in [-0.4, -0.2) is 0 Å². The Morgan fingerprint density at radius 1 is 1.19 bits per heavy atom. The van der Waals surface area contributed by atoms with E-state index in [-0.39, 0.29) is 5.41 Å². The van der Waals surface area contributed by atoms with Crippen molar-refractivity contribution >= 4 is 21.6 Å². The molecule has 0 radical (unpaired) electrons. The number of benzene rings is 1. The first-order chi connectivity index (χ1) is 9.61. The van der Waals surface area contributed by atoms with Crippen LogP contribution in [-0.2, 0) is 11.8 Å². The Morgan fingerprint density at radius 2 is 1.86 bits per heavy atom. The highest BCUT2D eigenvalue weighted by molar-refractivity contribution is 9.11. The Labute approximate surface area is 137 Å². The molecule has 2 rings (SSSR count). The van der Waals surface area contributed by atoms with Crippen LogP contribution >= 0.6 is 15.9 Å². The molecule has 0 bridgehead atoms. The highest BCUT2D eigenvalue weighted by atomic mass is 79.9. The van der Waals surface area contributed by atoms with Gasteiger partial charge >= 0.3 is 0 Å². The maximum absolute atomic E-state index is 6.21. The van der Waals surface area contributed by atoms with E-state index in [4.69, 9.17) is 5.73 Å². The molecule has 21 heavy (non-hydrogen) atoms. The van der Waals surface area contributed by atoms with Gasteiger partial charge in [0.15, 0.2) is 0 Å². The van der Waals surface area contributed by atoms with Gasteiger partial charge in [-0.15, -0.1) is 0 Å². The molecule has 1 aliphatic carbocycles. The van der Waals surface area contributed by atoms with Gasteiger partial charge in [0.2, 0.25) is 0 Å². The van der Waals surface area contributed by atoms with Crippen molar-refractivity contribution in [2.24, 2.45) is 11.1 Å². The van der Waals surface area contributed by atoms with Crippen LogP contribution in [0.4, 0.5) is 0 Å². The van der Waals surface area contributed by atoms with Crippen LogP contribution in [0.2, 0.25) is 0 Å². The third-order valence-corrected chi connectivity index (χ3v) is 4.52. The van der Waals surface area contributed by atoms with Gasteiger partial charge in [-0.3, -0.25) is 0 Å². The molecule has 0 spiro atoms. The van der Waals surface area contributed by atoms with Gasteiger partial charge < -0.3 is 5.73 Å². The van der Waals surface area contributed by atoms with E-state index in [1.54, 1.807) is 0 Å². The standard InChI is InChI=1S/C19H26BrN/c1-13(20)6-9-17(21)14-7-8-15-11-18(2,3)12-19(4,5)16(15)10-14/h6-10H,11-12,21H2,1-5H3/b13-6+,17-9-. The highest BCUT2D eigenvalue weighted by Gasteiger charge is 2.37. The maximum Gasteiger partial charge on any atom is 0.0388 e. The topological polar surface area (TPSA) is 26.0 Å². The third kappa shape index (κ3) is 3.79. The second-order valence-corrected chi connectivity index (χ2v) is 8.90. The van der Waals surface area contributed by atoms with Crippen molar-refractivity contribution in [3.63, 3.8) is 0 Å². The largest absolute Gasteiger partial charge is 0.398 e. The van der Waals surface area contributed by atoms with E-state index in [0.29, 0.717) is 5.41 Å². The van der Waals surface area contributed by atoms with Crippen LogP contribution in [0.3, 0.4) is 0 Å². The third-order valence-electron chi connectivity index (χ3n) is 4.25. The van der Waals surface area contributed by atoms with Crippen LogP contribution < -0.4 is 5.73 Å². The van der Waals surface area contributed by atoms with Crippen LogP contribution in [0.15, 0.2) is 34.8 Å². The van der Waals surface area contributed by atoms with Crippen LogP contribution in [0.1, 0.15) is 57.7 Å². The molecule has 1 aromatic rings. The first-order valence-corrected chi connectivity index (χ1v) is 8.33. The highest BCUT2D eigenvalue weighted by Crippen LogP contribution is 2.45. The van der Waals surface area contributed by atoms with Crippen molar-refractivity contribution in [2.75, 3.05) is 0 Å². The Balaban J connectivity index is 2.45. The summed E-state index contributed by atoms with van der Waals surface area (Å²) >= 11 is 3.43. The first-order valence-electron chi connectivity index (χ1n) is 7.54. The van der Waals surface area contributed by atoms with Crippen molar-refractivity contribution in [3.05, 3.63) is 51.5 Å². The van der Waals surface area contributed by atoms with Crippen LogP contribution in [0, 0.1) is 5.41 Å². The van der Waals surface area contributed by atoms with Gasteiger partial charge in [-0.1, -0.05) is 61.8 Å². The molecule has 2 heteroatoms. The molecule has 1 aromatic carbocycles. The summed E-state index contributed by atoms with van der Waals surface area (Å²) in [7, 11) is 0. The molecule has 0 saturated carbocycles. The summed E-state index contributed by atoms with van der Waals surface area (Å²) in [4.78, 5) is 0. The molecule has 0 amide bonds. The lowest BCUT2D eigenvalue weighted by Gasteiger charge is -2.42. The molecular formula is C19H26BrN. The average molecular weight is 348 g/mol. The van der Waals surface area contributed by atoms with Gasteiger partial charge in [-0.25, -0.2) is 0 Å². The lowest BCUT2D eigenvalue weighted by molar-refractivity contribution is 0.231. The number of hydrogen-bond donors (Lipinski definition) is 1. The predicted molar refractivity (Wildman–Crippen MR) is 96.4 cm³/mol. The molecule has 0 aromatic heterocycles. The van der Waals surface area contributed by atoms with Gasteiger partial charge in [-0.05, 0) is 63.9 Å². The van der Waals surface area contributed by atoms with Crippen molar-refractivity contribution in [2.45, 2.75) is 52.9 Å². The van der Waals surface area contributed by atoms with Gasteiger partial charge in [-0.2, -0.15) is 0 Å². The lowest BCUT2D eigenvalue weighted by Crippen LogP contribution is -2.34. The average Bonchev–Trinajstić information content (AvgIpc) is 2.33. The van der Waals surface area contributed by atoms with E-state index in [1.807, 2.05) is 19.1 Å². The quantitative estimate of drug-likeness (QED) is 0.698. The summed E-state index contributed by atoms with van der Waals surface area (Å²) in [6, 6.07) is 6.70. The Hall–Kier alpha value is -1.02. The number of allylic oxidation sites excluding steroid dienone is 3. The summed E-state index contributed by atoms with van der Waals surface area (Å²) in [5.74, 6) is 0. The smallest absolute Gasteiger partial charge is 0.0388 e. The zero-order chi connectivity index (χ0) is 15.8. The maximum atomic E-state index is 6.21.